The van der Waals surface area contributed by atoms with Crippen LogP contribution in [0, 0.1) is 0 Å². The van der Waals surface area contributed by atoms with E-state index in [2.05, 4.69) is 20.3 Å². The Hall–Kier alpha value is -2.96. The highest BCUT2D eigenvalue weighted by atomic mass is 35.5. The topological polar surface area (TPSA) is 69.4 Å². The van der Waals surface area contributed by atoms with Gasteiger partial charge in [-0.2, -0.15) is 9.98 Å². The minimum absolute atomic E-state index is 0.299. The summed E-state index contributed by atoms with van der Waals surface area (Å²) in [5.41, 5.74) is 2.28. The normalized spacial score (nSPS) is 16.4. The molecule has 0 spiro atoms. The lowest BCUT2D eigenvalue weighted by Crippen LogP contribution is -2.25. The van der Waals surface area contributed by atoms with E-state index in [0.717, 1.165) is 11.1 Å². The second-order valence-electron chi connectivity index (χ2n) is 5.81. The number of nitrogens with zero attached hydrogens (tertiary/aromatic N) is 4. The number of allylic oxidation sites excluding steroid dienone is 1. The smallest absolute Gasteiger partial charge is 0.313 e. The van der Waals surface area contributed by atoms with Crippen LogP contribution in [0.2, 0.25) is 10.0 Å². The summed E-state index contributed by atoms with van der Waals surface area (Å²) in [4.78, 5) is 27.3. The Balaban J connectivity index is 1.69. The summed E-state index contributed by atoms with van der Waals surface area (Å²) in [5.74, 6) is 0.780. The predicted octanol–water partition coefficient (Wildman–Crippen LogP) is 4.74. The molecule has 0 saturated heterocycles. The highest BCUT2D eigenvalue weighted by Gasteiger charge is 2.21. The number of guanidine groups is 1. The highest BCUT2D eigenvalue weighted by molar-refractivity contribution is 6.42. The fourth-order valence-electron chi connectivity index (χ4n) is 2.73. The maximum Gasteiger partial charge on any atom is 0.347 e. The Kier molecular flexibility index (Phi) is 4.75. The largest absolute Gasteiger partial charge is 0.347 e. The van der Waals surface area contributed by atoms with Crippen molar-refractivity contribution < 1.29 is 4.79 Å². The van der Waals surface area contributed by atoms with Gasteiger partial charge in [-0.3, -0.25) is 0 Å². The SMILES string of the molecule is O=C(N=C1N=C2N=CC=CN2Cc2ccccc21)Nc1ccc(Cl)c(Cl)c1. The second kappa shape index (κ2) is 7.34. The van der Waals surface area contributed by atoms with Crippen LogP contribution in [0.4, 0.5) is 10.5 Å². The summed E-state index contributed by atoms with van der Waals surface area (Å²) in [6.45, 7) is 0.594. The maximum atomic E-state index is 12.4. The predicted molar refractivity (Wildman–Crippen MR) is 109 cm³/mol. The van der Waals surface area contributed by atoms with E-state index in [4.69, 9.17) is 23.2 Å². The second-order valence-corrected chi connectivity index (χ2v) is 6.63. The Morgan fingerprint density at radius 2 is 2.00 bits per heavy atom. The number of amidine groups is 1. The molecule has 2 aromatic rings. The number of benzene rings is 2. The molecule has 0 bridgehead atoms. The molecule has 6 nitrogen and oxygen atoms in total. The Morgan fingerprint density at radius 3 is 2.85 bits per heavy atom. The van der Waals surface area contributed by atoms with E-state index >= 15 is 0 Å². The van der Waals surface area contributed by atoms with Gasteiger partial charge >= 0.3 is 6.03 Å². The van der Waals surface area contributed by atoms with Gasteiger partial charge in [-0.1, -0.05) is 47.5 Å². The van der Waals surface area contributed by atoms with Gasteiger partial charge < -0.3 is 10.2 Å². The molecule has 4 rings (SSSR count). The van der Waals surface area contributed by atoms with Gasteiger partial charge in [0.05, 0.1) is 16.6 Å². The number of anilines is 1. The summed E-state index contributed by atoms with van der Waals surface area (Å²) < 4.78 is 0. The zero-order valence-corrected chi connectivity index (χ0v) is 15.4. The number of carbonyl (C=O) groups excluding carboxylic acids is 1. The number of hydrogen-bond donors (Lipinski definition) is 1. The van der Waals surface area contributed by atoms with Crippen molar-refractivity contribution in [3.05, 3.63) is 75.9 Å². The third-order valence-electron chi connectivity index (χ3n) is 3.98. The fraction of sp³-hybridized carbons (Fsp3) is 0.0526. The van der Waals surface area contributed by atoms with Crippen LogP contribution in [0.25, 0.3) is 0 Å². The molecule has 0 saturated carbocycles. The first kappa shape index (κ1) is 17.5. The quantitative estimate of drug-likeness (QED) is 0.754. The molecule has 1 N–H and O–H groups in total. The third kappa shape index (κ3) is 3.77. The molecule has 134 valence electrons. The summed E-state index contributed by atoms with van der Waals surface area (Å²) in [7, 11) is 0. The van der Waals surface area contributed by atoms with E-state index in [1.165, 1.54) is 0 Å². The molecular weight excluding hydrogens is 385 g/mol. The van der Waals surface area contributed by atoms with Crippen LogP contribution in [-0.4, -0.2) is 28.9 Å². The molecule has 2 aliphatic rings. The Labute approximate surface area is 165 Å². The maximum absolute atomic E-state index is 12.4. The van der Waals surface area contributed by atoms with Gasteiger partial charge in [0.2, 0.25) is 5.96 Å². The molecule has 0 aromatic heterocycles. The van der Waals surface area contributed by atoms with E-state index in [1.54, 1.807) is 24.4 Å². The van der Waals surface area contributed by atoms with Gasteiger partial charge in [-0.25, -0.2) is 9.79 Å². The molecule has 8 heteroatoms. The van der Waals surface area contributed by atoms with Crippen molar-refractivity contribution in [2.75, 3.05) is 5.32 Å². The van der Waals surface area contributed by atoms with Gasteiger partial charge in [0.25, 0.3) is 0 Å². The van der Waals surface area contributed by atoms with Crippen molar-refractivity contribution in [2.45, 2.75) is 6.54 Å². The number of fused-ring (bicyclic) bond motifs is 2. The molecule has 0 atom stereocenters. The zero-order chi connectivity index (χ0) is 18.8. The average molecular weight is 398 g/mol. The van der Waals surface area contributed by atoms with E-state index in [0.29, 0.717) is 34.1 Å². The van der Waals surface area contributed by atoms with Gasteiger partial charge in [0.1, 0.15) is 0 Å². The standard InChI is InChI=1S/C19H13Cl2N5O/c20-15-7-6-13(10-16(15)21)23-19(27)25-17-14-5-2-1-4-12(14)11-26-9-3-8-22-18(26)24-17/h1-10H,11H2,(H,23,27). The van der Waals surface area contributed by atoms with E-state index in [9.17, 15) is 4.79 Å². The number of halogens is 2. The first-order chi connectivity index (χ1) is 13.1. The fourth-order valence-corrected chi connectivity index (χ4v) is 3.03. The van der Waals surface area contributed by atoms with Crippen LogP contribution < -0.4 is 5.32 Å². The van der Waals surface area contributed by atoms with Crippen molar-refractivity contribution in [2.24, 2.45) is 15.0 Å². The van der Waals surface area contributed by atoms with Crippen molar-refractivity contribution in [1.82, 2.24) is 4.90 Å². The summed E-state index contributed by atoms with van der Waals surface area (Å²) in [5, 5.41) is 3.43. The summed E-state index contributed by atoms with van der Waals surface area (Å²) in [6.07, 6.45) is 5.38. The molecule has 0 aliphatic carbocycles. The lowest BCUT2D eigenvalue weighted by Gasteiger charge is -2.19. The van der Waals surface area contributed by atoms with Crippen LogP contribution in [0.5, 0.6) is 0 Å². The van der Waals surface area contributed by atoms with E-state index in [-0.39, 0.29) is 0 Å². The van der Waals surface area contributed by atoms with E-state index < -0.39 is 6.03 Å². The van der Waals surface area contributed by atoms with Crippen molar-refractivity contribution in [3.63, 3.8) is 0 Å². The van der Waals surface area contributed by atoms with Gasteiger partial charge in [-0.15, -0.1) is 0 Å². The third-order valence-corrected chi connectivity index (χ3v) is 4.72. The molecular formula is C19H13Cl2N5O. The number of urea groups is 1. The highest BCUT2D eigenvalue weighted by Crippen LogP contribution is 2.25. The van der Waals surface area contributed by atoms with Crippen LogP contribution in [-0.2, 0) is 6.54 Å². The molecule has 2 amide bonds. The molecule has 0 fully saturated rings. The monoisotopic (exact) mass is 397 g/mol. The van der Waals surface area contributed by atoms with E-state index in [1.807, 2.05) is 41.4 Å². The Morgan fingerprint density at radius 1 is 1.15 bits per heavy atom. The molecule has 0 unspecified atom stereocenters. The van der Waals surface area contributed by atoms with Crippen molar-refractivity contribution in [1.29, 1.82) is 0 Å². The van der Waals surface area contributed by atoms with Crippen molar-refractivity contribution >= 4 is 52.9 Å². The summed E-state index contributed by atoms with van der Waals surface area (Å²) in [6, 6.07) is 11.9. The number of carbonyl (C=O) groups is 1. The number of nitrogens with one attached hydrogen (secondary N) is 1. The number of hydrogen-bond acceptors (Lipinski definition) is 3. The molecule has 0 radical (unpaired) electrons. The van der Waals surface area contributed by atoms with Crippen LogP contribution in [0.1, 0.15) is 11.1 Å². The number of amides is 2. The van der Waals surface area contributed by atoms with Crippen LogP contribution >= 0.6 is 23.2 Å². The average Bonchev–Trinajstić information content (AvgIpc) is 2.81. The van der Waals surface area contributed by atoms with Gasteiger partial charge in [0, 0.05) is 23.7 Å². The molecule has 27 heavy (non-hydrogen) atoms. The zero-order valence-electron chi connectivity index (χ0n) is 13.9. The first-order valence-corrected chi connectivity index (χ1v) is 8.85. The van der Waals surface area contributed by atoms with Gasteiger partial charge in [0.15, 0.2) is 5.84 Å². The summed E-state index contributed by atoms with van der Waals surface area (Å²) >= 11 is 11.9. The number of rotatable bonds is 1. The first-order valence-electron chi connectivity index (χ1n) is 8.09. The minimum Gasteiger partial charge on any atom is -0.313 e. The van der Waals surface area contributed by atoms with Crippen molar-refractivity contribution in [3.8, 4) is 0 Å². The Bertz CT molecular complexity index is 1040. The lowest BCUT2D eigenvalue weighted by atomic mass is 10.1. The minimum atomic E-state index is -0.564. The van der Waals surface area contributed by atoms with Crippen LogP contribution in [0.15, 0.2) is 69.7 Å². The number of aliphatic imine (C=N–C) groups is 3. The van der Waals surface area contributed by atoms with Crippen LogP contribution in [0.3, 0.4) is 0 Å². The lowest BCUT2D eigenvalue weighted by molar-refractivity contribution is 0.259. The molecule has 2 heterocycles. The molecule has 2 aliphatic heterocycles. The van der Waals surface area contributed by atoms with Gasteiger partial charge in [-0.05, 0) is 29.8 Å². The molecule has 2 aromatic carbocycles.